The molecule has 8 rings (SSSR count). The standard InChI is InChI=1S/C35H22NO2P/c37-39(25-11-2-1-3-12-25)33-22-24(31-20-18-23-10-4-9-17-30(23)36-31)19-21-32(33)38-34-28-15-7-5-13-26(28)27-14-6-8-16-29(27)35(34)39/h1-22H. The van der Waals surface area contributed by atoms with Crippen LogP contribution in [0.1, 0.15) is 0 Å². The van der Waals surface area contributed by atoms with E-state index in [1.165, 1.54) is 0 Å². The molecular formula is C35H22NO2P. The zero-order valence-electron chi connectivity index (χ0n) is 20.9. The molecule has 0 aliphatic carbocycles. The molecule has 0 saturated heterocycles. The molecule has 184 valence electrons. The van der Waals surface area contributed by atoms with E-state index in [1.807, 2.05) is 97.1 Å². The molecular weight excluding hydrogens is 497 g/mol. The molecule has 1 unspecified atom stereocenters. The average molecular weight is 520 g/mol. The quantitative estimate of drug-likeness (QED) is 0.172. The van der Waals surface area contributed by atoms with Crippen LogP contribution in [0.5, 0.6) is 11.5 Å². The van der Waals surface area contributed by atoms with E-state index in [0.717, 1.165) is 54.3 Å². The molecule has 0 saturated carbocycles. The van der Waals surface area contributed by atoms with Gasteiger partial charge in [0.15, 0.2) is 7.14 Å². The number of benzene rings is 6. The van der Waals surface area contributed by atoms with Crippen LogP contribution in [0, 0.1) is 0 Å². The first-order valence-electron chi connectivity index (χ1n) is 13.0. The van der Waals surface area contributed by atoms with Gasteiger partial charge in [-0.3, -0.25) is 0 Å². The van der Waals surface area contributed by atoms with E-state index >= 15 is 4.57 Å². The van der Waals surface area contributed by atoms with Gasteiger partial charge in [0.2, 0.25) is 0 Å². The molecule has 1 aromatic heterocycles. The van der Waals surface area contributed by atoms with Crippen molar-refractivity contribution >= 4 is 55.5 Å². The van der Waals surface area contributed by atoms with Gasteiger partial charge in [0.25, 0.3) is 0 Å². The lowest BCUT2D eigenvalue weighted by atomic mass is 10.0. The molecule has 3 nitrogen and oxygen atoms in total. The van der Waals surface area contributed by atoms with Gasteiger partial charge in [-0.25, -0.2) is 4.98 Å². The largest absolute Gasteiger partial charge is 0.455 e. The fourth-order valence-corrected chi connectivity index (χ4v) is 8.99. The molecule has 0 radical (unpaired) electrons. The molecule has 1 aliphatic rings. The van der Waals surface area contributed by atoms with Crippen molar-refractivity contribution in [2.75, 3.05) is 0 Å². The second kappa shape index (κ2) is 8.39. The molecule has 39 heavy (non-hydrogen) atoms. The Hall–Kier alpha value is -4.72. The number of para-hydroxylation sites is 1. The minimum atomic E-state index is -3.34. The molecule has 1 aliphatic heterocycles. The summed E-state index contributed by atoms with van der Waals surface area (Å²) in [5.41, 5.74) is 2.68. The van der Waals surface area contributed by atoms with Crippen molar-refractivity contribution in [1.82, 2.24) is 4.98 Å². The highest BCUT2D eigenvalue weighted by Crippen LogP contribution is 2.55. The third kappa shape index (κ3) is 3.24. The lowest BCUT2D eigenvalue weighted by molar-refractivity contribution is 0.491. The van der Waals surface area contributed by atoms with Crippen LogP contribution in [-0.4, -0.2) is 4.98 Å². The molecule has 2 heterocycles. The van der Waals surface area contributed by atoms with Crippen LogP contribution in [0.2, 0.25) is 0 Å². The van der Waals surface area contributed by atoms with Gasteiger partial charge >= 0.3 is 0 Å². The number of rotatable bonds is 2. The molecule has 6 aromatic carbocycles. The van der Waals surface area contributed by atoms with Crippen molar-refractivity contribution in [2.45, 2.75) is 0 Å². The number of fused-ring (bicyclic) bond motifs is 8. The molecule has 4 heteroatoms. The Morgan fingerprint density at radius 2 is 1.26 bits per heavy atom. The number of hydrogen-bond acceptors (Lipinski definition) is 3. The number of hydrogen-bond donors (Lipinski definition) is 0. The average Bonchev–Trinajstić information content (AvgIpc) is 3.01. The maximum atomic E-state index is 15.8. The Labute approximate surface area is 225 Å². The minimum absolute atomic E-state index is 0.625. The lowest BCUT2D eigenvalue weighted by Crippen LogP contribution is -2.31. The van der Waals surface area contributed by atoms with Gasteiger partial charge in [-0.15, -0.1) is 0 Å². The summed E-state index contributed by atoms with van der Waals surface area (Å²) in [6.07, 6.45) is 0. The molecule has 0 fully saturated rings. The van der Waals surface area contributed by atoms with Gasteiger partial charge in [-0.2, -0.15) is 0 Å². The monoisotopic (exact) mass is 519 g/mol. The van der Waals surface area contributed by atoms with Gasteiger partial charge in [-0.05, 0) is 46.5 Å². The zero-order valence-corrected chi connectivity index (χ0v) is 21.8. The van der Waals surface area contributed by atoms with E-state index in [-0.39, 0.29) is 0 Å². The number of pyridine rings is 1. The third-order valence-electron chi connectivity index (χ3n) is 7.70. The van der Waals surface area contributed by atoms with Crippen molar-refractivity contribution in [2.24, 2.45) is 0 Å². The molecule has 0 N–H and O–H groups in total. The summed E-state index contributed by atoms with van der Waals surface area (Å²) in [6, 6.07) is 44.5. The Morgan fingerprint density at radius 1 is 0.590 bits per heavy atom. The summed E-state index contributed by atoms with van der Waals surface area (Å²) in [7, 11) is -3.34. The van der Waals surface area contributed by atoms with Crippen molar-refractivity contribution in [3.05, 3.63) is 133 Å². The summed E-state index contributed by atoms with van der Waals surface area (Å²) in [4.78, 5) is 4.92. The highest BCUT2D eigenvalue weighted by molar-refractivity contribution is 7.86. The molecule has 0 bridgehead atoms. The van der Waals surface area contributed by atoms with E-state index < -0.39 is 7.14 Å². The number of aromatic nitrogens is 1. The summed E-state index contributed by atoms with van der Waals surface area (Å²) in [5, 5.41) is 7.43. The first-order valence-corrected chi connectivity index (χ1v) is 14.7. The molecule has 0 amide bonds. The molecule has 7 aromatic rings. The van der Waals surface area contributed by atoms with Gasteiger partial charge in [-0.1, -0.05) is 103 Å². The van der Waals surface area contributed by atoms with Crippen molar-refractivity contribution < 1.29 is 9.30 Å². The van der Waals surface area contributed by atoms with E-state index in [9.17, 15) is 0 Å². The van der Waals surface area contributed by atoms with Crippen LogP contribution in [0.3, 0.4) is 0 Å². The lowest BCUT2D eigenvalue weighted by Gasteiger charge is -2.31. The number of nitrogens with zero attached hydrogens (tertiary/aromatic N) is 1. The molecule has 1 atom stereocenters. The third-order valence-corrected chi connectivity index (χ3v) is 10.8. The first-order chi connectivity index (χ1) is 19.2. The fourth-order valence-electron chi connectivity index (χ4n) is 5.88. The number of ether oxygens (including phenoxy) is 1. The highest BCUT2D eigenvalue weighted by Gasteiger charge is 2.41. The second-order valence-corrected chi connectivity index (χ2v) is 12.6. The summed E-state index contributed by atoms with van der Waals surface area (Å²) >= 11 is 0. The van der Waals surface area contributed by atoms with E-state index in [2.05, 4.69) is 36.4 Å². The topological polar surface area (TPSA) is 39.2 Å². The van der Waals surface area contributed by atoms with Crippen LogP contribution >= 0.6 is 7.14 Å². The van der Waals surface area contributed by atoms with E-state index in [4.69, 9.17) is 9.72 Å². The van der Waals surface area contributed by atoms with Gasteiger partial charge < -0.3 is 9.30 Å². The zero-order chi connectivity index (χ0) is 26.0. The first kappa shape index (κ1) is 22.3. The van der Waals surface area contributed by atoms with Crippen LogP contribution in [0.4, 0.5) is 0 Å². The van der Waals surface area contributed by atoms with E-state index in [1.54, 1.807) is 0 Å². The minimum Gasteiger partial charge on any atom is -0.455 e. The highest BCUT2D eigenvalue weighted by atomic mass is 31.2. The SMILES string of the molecule is O=P1(c2ccccc2)c2cc(-c3ccc4ccccc4n3)ccc2Oc2c1c1ccccc1c1ccccc21. The Balaban J connectivity index is 1.47. The van der Waals surface area contributed by atoms with Crippen LogP contribution < -0.4 is 20.7 Å². The van der Waals surface area contributed by atoms with E-state index in [0.29, 0.717) is 16.8 Å². The van der Waals surface area contributed by atoms with Crippen LogP contribution in [0.25, 0.3) is 43.7 Å². The van der Waals surface area contributed by atoms with Crippen LogP contribution in [-0.2, 0) is 4.57 Å². The van der Waals surface area contributed by atoms with Gasteiger partial charge in [0.05, 0.1) is 21.8 Å². The van der Waals surface area contributed by atoms with Crippen molar-refractivity contribution in [3.8, 4) is 22.8 Å². The van der Waals surface area contributed by atoms with Crippen molar-refractivity contribution in [1.29, 1.82) is 0 Å². The van der Waals surface area contributed by atoms with Crippen LogP contribution in [0.15, 0.2) is 133 Å². The summed E-state index contributed by atoms with van der Waals surface area (Å²) in [6.45, 7) is 0. The van der Waals surface area contributed by atoms with Gasteiger partial charge in [0, 0.05) is 21.6 Å². The maximum Gasteiger partial charge on any atom is 0.179 e. The normalized spacial score (nSPS) is 16.1. The maximum absolute atomic E-state index is 15.8. The molecule has 0 spiro atoms. The predicted molar refractivity (Wildman–Crippen MR) is 162 cm³/mol. The predicted octanol–water partition coefficient (Wildman–Crippen LogP) is 7.95. The summed E-state index contributed by atoms with van der Waals surface area (Å²) < 4.78 is 22.5. The van der Waals surface area contributed by atoms with Gasteiger partial charge in [0.1, 0.15) is 11.5 Å². The smallest absolute Gasteiger partial charge is 0.179 e. The second-order valence-electron chi connectivity index (χ2n) is 9.89. The summed E-state index contributed by atoms with van der Waals surface area (Å²) in [5.74, 6) is 1.31. The Kier molecular flexibility index (Phi) is 4.79. The Bertz CT molecular complexity index is 2140. The van der Waals surface area contributed by atoms with Crippen molar-refractivity contribution in [3.63, 3.8) is 0 Å². The Morgan fingerprint density at radius 3 is 2.08 bits per heavy atom. The fraction of sp³-hybridized carbons (Fsp3) is 0.